The third-order valence-corrected chi connectivity index (χ3v) is 5.46. The molecule has 27 heavy (non-hydrogen) atoms. The van der Waals surface area contributed by atoms with Gasteiger partial charge in [-0.05, 0) is 49.6 Å². The molecule has 0 amide bonds. The maximum Gasteiger partial charge on any atom is 0.272 e. The van der Waals surface area contributed by atoms with Gasteiger partial charge in [0.2, 0.25) is 6.79 Å². The molecule has 0 aromatic heterocycles. The van der Waals surface area contributed by atoms with Gasteiger partial charge in [0.1, 0.15) is 0 Å². The molecule has 0 saturated carbocycles. The number of ether oxygens (including phenoxy) is 3. The van der Waals surface area contributed by atoms with Crippen LogP contribution in [0.15, 0.2) is 36.4 Å². The molecule has 1 fully saturated rings. The number of aryl methyl sites for hydroxylation is 1. The lowest BCUT2D eigenvalue weighted by molar-refractivity contribution is -0.385. The molecule has 1 N–H and O–H groups in total. The van der Waals surface area contributed by atoms with Crippen molar-refractivity contribution < 1.29 is 19.1 Å². The minimum absolute atomic E-state index is 0.0884. The van der Waals surface area contributed by atoms with Crippen molar-refractivity contribution in [2.45, 2.75) is 25.2 Å². The van der Waals surface area contributed by atoms with Crippen molar-refractivity contribution in [1.29, 1.82) is 0 Å². The molecule has 2 aliphatic rings. The van der Waals surface area contributed by atoms with Crippen LogP contribution in [-0.2, 0) is 10.2 Å². The third-order valence-electron chi connectivity index (χ3n) is 5.46. The number of hydrogen-bond donors (Lipinski definition) is 1. The average molecular weight is 370 g/mol. The summed E-state index contributed by atoms with van der Waals surface area (Å²) >= 11 is 0. The van der Waals surface area contributed by atoms with Gasteiger partial charge in [-0.3, -0.25) is 10.1 Å². The highest BCUT2D eigenvalue weighted by molar-refractivity contribution is 5.54. The molecule has 7 heteroatoms. The molecular weight excluding hydrogens is 348 g/mol. The zero-order chi connectivity index (χ0) is 18.9. The first-order valence-corrected chi connectivity index (χ1v) is 9.04. The molecule has 0 unspecified atom stereocenters. The Morgan fingerprint density at radius 2 is 1.89 bits per heavy atom. The summed E-state index contributed by atoms with van der Waals surface area (Å²) in [5, 5.41) is 14.5. The van der Waals surface area contributed by atoms with Crippen molar-refractivity contribution in [2.24, 2.45) is 0 Å². The number of hydrogen-bond acceptors (Lipinski definition) is 6. The van der Waals surface area contributed by atoms with Gasteiger partial charge in [-0.25, -0.2) is 0 Å². The highest BCUT2D eigenvalue weighted by Crippen LogP contribution is 2.41. The van der Waals surface area contributed by atoms with E-state index in [1.165, 1.54) is 5.56 Å². The van der Waals surface area contributed by atoms with Gasteiger partial charge in [0, 0.05) is 42.5 Å². The standard InChI is InChI=1S/C20H22N2O5/c1-14-10-16(3-4-17(14)22(23)24)21-12-20(6-8-25-9-7-20)15-2-5-18-19(11-15)27-13-26-18/h2-5,10-11,21H,6-9,12-13H2,1H3. The third kappa shape index (κ3) is 3.42. The summed E-state index contributed by atoms with van der Waals surface area (Å²) in [5.74, 6) is 1.56. The van der Waals surface area contributed by atoms with Gasteiger partial charge in [0.15, 0.2) is 11.5 Å². The molecule has 0 aliphatic carbocycles. The van der Waals surface area contributed by atoms with Gasteiger partial charge >= 0.3 is 0 Å². The SMILES string of the molecule is Cc1cc(NCC2(c3ccc4c(c3)OCO4)CCOCC2)ccc1[N+](=O)[O-]. The van der Waals surface area contributed by atoms with Gasteiger partial charge in [-0.2, -0.15) is 0 Å². The lowest BCUT2D eigenvalue weighted by atomic mass is 9.74. The Hall–Kier alpha value is -2.80. The first-order chi connectivity index (χ1) is 13.1. The summed E-state index contributed by atoms with van der Waals surface area (Å²) < 4.78 is 16.6. The predicted molar refractivity (Wildman–Crippen MR) is 101 cm³/mol. The number of fused-ring (bicyclic) bond motifs is 1. The maximum absolute atomic E-state index is 11.0. The van der Waals surface area contributed by atoms with Crippen molar-refractivity contribution in [1.82, 2.24) is 0 Å². The second-order valence-corrected chi connectivity index (χ2v) is 7.07. The van der Waals surface area contributed by atoms with Gasteiger partial charge in [0.05, 0.1) is 4.92 Å². The molecule has 2 aliphatic heterocycles. The van der Waals surface area contributed by atoms with Gasteiger partial charge < -0.3 is 19.5 Å². The van der Waals surface area contributed by atoms with Crippen LogP contribution in [0.5, 0.6) is 11.5 Å². The van der Waals surface area contributed by atoms with Crippen LogP contribution in [0.3, 0.4) is 0 Å². The summed E-state index contributed by atoms with van der Waals surface area (Å²) in [6.07, 6.45) is 1.79. The zero-order valence-corrected chi connectivity index (χ0v) is 15.2. The topological polar surface area (TPSA) is 82.9 Å². The molecule has 7 nitrogen and oxygen atoms in total. The Morgan fingerprint density at radius 1 is 1.11 bits per heavy atom. The van der Waals surface area contributed by atoms with Crippen LogP contribution in [0, 0.1) is 17.0 Å². The monoisotopic (exact) mass is 370 g/mol. The van der Waals surface area contributed by atoms with Crippen molar-refractivity contribution in [3.05, 3.63) is 57.6 Å². The minimum Gasteiger partial charge on any atom is -0.454 e. The fourth-order valence-electron chi connectivity index (χ4n) is 3.80. The second kappa shape index (κ2) is 7.08. The van der Waals surface area contributed by atoms with Crippen molar-refractivity contribution >= 4 is 11.4 Å². The molecule has 0 spiro atoms. The number of rotatable bonds is 5. The summed E-state index contributed by atoms with van der Waals surface area (Å²) in [7, 11) is 0. The van der Waals surface area contributed by atoms with E-state index in [0.717, 1.165) is 30.0 Å². The number of nitrogens with zero attached hydrogens (tertiary/aromatic N) is 1. The molecule has 2 aromatic carbocycles. The maximum atomic E-state index is 11.0. The zero-order valence-electron chi connectivity index (χ0n) is 15.2. The minimum atomic E-state index is -0.355. The van der Waals surface area contributed by atoms with Crippen LogP contribution in [0.1, 0.15) is 24.0 Å². The summed E-state index contributed by atoms with van der Waals surface area (Å²) in [4.78, 5) is 10.7. The quantitative estimate of drug-likeness (QED) is 0.637. The number of nitrogens with one attached hydrogen (secondary N) is 1. The lowest BCUT2D eigenvalue weighted by Gasteiger charge is -2.38. The fourth-order valence-corrected chi connectivity index (χ4v) is 3.80. The van der Waals surface area contributed by atoms with Crippen molar-refractivity contribution in [3.63, 3.8) is 0 Å². The van der Waals surface area contributed by atoms with Crippen LogP contribution in [-0.4, -0.2) is 31.5 Å². The Bertz CT molecular complexity index is 861. The van der Waals surface area contributed by atoms with E-state index in [1.54, 1.807) is 19.1 Å². The fraction of sp³-hybridized carbons (Fsp3) is 0.400. The number of benzene rings is 2. The molecule has 0 atom stereocenters. The number of nitro groups is 1. The van der Waals surface area contributed by atoms with E-state index in [4.69, 9.17) is 14.2 Å². The van der Waals surface area contributed by atoms with E-state index >= 15 is 0 Å². The lowest BCUT2D eigenvalue weighted by Crippen LogP contribution is -2.40. The largest absolute Gasteiger partial charge is 0.454 e. The van der Waals surface area contributed by atoms with Crippen LogP contribution in [0.2, 0.25) is 0 Å². The molecular formula is C20H22N2O5. The first kappa shape index (κ1) is 17.6. The van der Waals surface area contributed by atoms with E-state index in [-0.39, 0.29) is 22.8 Å². The van der Waals surface area contributed by atoms with E-state index in [2.05, 4.69) is 17.4 Å². The van der Waals surface area contributed by atoms with E-state index in [9.17, 15) is 10.1 Å². The molecule has 1 saturated heterocycles. The van der Waals surface area contributed by atoms with E-state index in [0.29, 0.717) is 25.3 Å². The normalized spacial score (nSPS) is 17.5. The van der Waals surface area contributed by atoms with Crippen LogP contribution >= 0.6 is 0 Å². The highest BCUT2D eigenvalue weighted by atomic mass is 16.7. The highest BCUT2D eigenvalue weighted by Gasteiger charge is 2.35. The van der Waals surface area contributed by atoms with Crippen LogP contribution in [0.25, 0.3) is 0 Å². The number of nitro benzene ring substituents is 1. The van der Waals surface area contributed by atoms with E-state index in [1.807, 2.05) is 12.1 Å². The molecule has 2 aromatic rings. The Balaban J connectivity index is 1.58. The van der Waals surface area contributed by atoms with Crippen molar-refractivity contribution in [3.8, 4) is 11.5 Å². The van der Waals surface area contributed by atoms with E-state index < -0.39 is 0 Å². The van der Waals surface area contributed by atoms with Gasteiger partial charge in [0.25, 0.3) is 5.69 Å². The smallest absolute Gasteiger partial charge is 0.272 e. The predicted octanol–water partition coefficient (Wildman–Crippen LogP) is 3.79. The molecule has 0 radical (unpaired) electrons. The average Bonchev–Trinajstić information content (AvgIpc) is 3.15. The van der Waals surface area contributed by atoms with Gasteiger partial charge in [-0.15, -0.1) is 0 Å². The Morgan fingerprint density at radius 3 is 2.63 bits per heavy atom. The first-order valence-electron chi connectivity index (χ1n) is 9.04. The second-order valence-electron chi connectivity index (χ2n) is 7.07. The molecule has 142 valence electrons. The Labute approximate surface area is 157 Å². The Kier molecular flexibility index (Phi) is 4.61. The molecule has 0 bridgehead atoms. The summed E-state index contributed by atoms with van der Waals surface area (Å²) in [5.41, 5.74) is 2.77. The summed E-state index contributed by atoms with van der Waals surface area (Å²) in [6, 6.07) is 11.3. The van der Waals surface area contributed by atoms with Crippen molar-refractivity contribution in [2.75, 3.05) is 31.9 Å². The molecule has 4 rings (SSSR count). The summed E-state index contributed by atoms with van der Waals surface area (Å²) in [6.45, 7) is 4.14. The number of anilines is 1. The van der Waals surface area contributed by atoms with Crippen LogP contribution in [0.4, 0.5) is 11.4 Å². The van der Waals surface area contributed by atoms with Gasteiger partial charge in [-0.1, -0.05) is 6.07 Å². The van der Waals surface area contributed by atoms with Crippen LogP contribution < -0.4 is 14.8 Å². The molecule has 2 heterocycles.